The van der Waals surface area contributed by atoms with Gasteiger partial charge in [-0.2, -0.15) is 0 Å². The van der Waals surface area contributed by atoms with Crippen LogP contribution in [0.2, 0.25) is 0 Å². The lowest BCUT2D eigenvalue weighted by atomic mass is 10.4. The first-order valence-corrected chi connectivity index (χ1v) is 4.25. The molecule has 15 heavy (non-hydrogen) atoms. The van der Waals surface area contributed by atoms with Crippen LogP contribution in [-0.2, 0) is 0 Å². The summed E-state index contributed by atoms with van der Waals surface area (Å²) in [7, 11) is 0. The molecule has 2 N–H and O–H groups in total. The van der Waals surface area contributed by atoms with E-state index >= 15 is 0 Å². The third-order valence-corrected chi connectivity index (χ3v) is 1.70. The van der Waals surface area contributed by atoms with E-state index in [1.807, 2.05) is 0 Å². The highest BCUT2D eigenvalue weighted by atomic mass is 19.1. The maximum Gasteiger partial charge on any atom is 0.255 e. The zero-order chi connectivity index (χ0) is 10.7. The Labute approximate surface area is 85.5 Å². The van der Waals surface area contributed by atoms with Gasteiger partial charge in [-0.25, -0.2) is 14.4 Å². The molecule has 4 nitrogen and oxygen atoms in total. The summed E-state index contributed by atoms with van der Waals surface area (Å²) in [6, 6.07) is 5.92. The molecule has 0 radical (unpaired) electrons. The van der Waals surface area contributed by atoms with E-state index in [2.05, 4.69) is 9.97 Å². The molecule has 0 aliphatic heterocycles. The fourth-order valence-electron chi connectivity index (χ4n) is 1.01. The lowest BCUT2D eigenvalue weighted by molar-refractivity contribution is 0.421. The lowest BCUT2D eigenvalue weighted by Gasteiger charge is -2.04. The number of halogens is 1. The van der Waals surface area contributed by atoms with E-state index in [4.69, 9.17) is 10.5 Å². The van der Waals surface area contributed by atoms with Gasteiger partial charge in [0.1, 0.15) is 11.6 Å². The Balaban J connectivity index is 2.22. The van der Waals surface area contributed by atoms with E-state index in [9.17, 15) is 4.39 Å². The van der Waals surface area contributed by atoms with Crippen LogP contribution in [0.15, 0.2) is 36.7 Å². The molecule has 2 aromatic rings. The van der Waals surface area contributed by atoms with Crippen LogP contribution >= 0.6 is 0 Å². The second kappa shape index (κ2) is 3.91. The van der Waals surface area contributed by atoms with E-state index in [0.717, 1.165) is 0 Å². The minimum Gasteiger partial charge on any atom is -0.435 e. The molecule has 0 amide bonds. The summed E-state index contributed by atoms with van der Waals surface area (Å²) in [4.78, 5) is 7.55. The fraction of sp³-hybridized carbons (Fsp3) is 0. The number of rotatable bonds is 2. The summed E-state index contributed by atoms with van der Waals surface area (Å²) in [5.41, 5.74) is 5.39. The van der Waals surface area contributed by atoms with Gasteiger partial charge in [-0.05, 0) is 24.3 Å². The number of nitrogen functional groups attached to an aromatic ring is 1. The topological polar surface area (TPSA) is 61.0 Å². The predicted octanol–water partition coefficient (Wildman–Crippen LogP) is 1.99. The first-order valence-electron chi connectivity index (χ1n) is 4.25. The Hall–Kier alpha value is -2.17. The van der Waals surface area contributed by atoms with Crippen molar-refractivity contribution in [3.05, 3.63) is 42.5 Å². The van der Waals surface area contributed by atoms with Crippen LogP contribution < -0.4 is 10.5 Å². The van der Waals surface area contributed by atoms with E-state index in [0.29, 0.717) is 11.6 Å². The van der Waals surface area contributed by atoms with Gasteiger partial charge in [-0.1, -0.05) is 0 Å². The molecule has 76 valence electrons. The van der Waals surface area contributed by atoms with E-state index in [1.54, 1.807) is 12.1 Å². The molecule has 0 spiro atoms. The second-order valence-corrected chi connectivity index (χ2v) is 2.81. The normalized spacial score (nSPS) is 9.93. The summed E-state index contributed by atoms with van der Waals surface area (Å²) < 4.78 is 18.3. The summed E-state index contributed by atoms with van der Waals surface area (Å²) in [5.74, 6) is 0.170. The van der Waals surface area contributed by atoms with Crippen molar-refractivity contribution in [3.63, 3.8) is 0 Å². The van der Waals surface area contributed by atoms with Gasteiger partial charge in [0, 0.05) is 6.20 Å². The Morgan fingerprint density at radius 3 is 2.73 bits per heavy atom. The third kappa shape index (κ3) is 2.19. The molecule has 0 saturated carbocycles. The molecule has 0 unspecified atom stereocenters. The maximum absolute atomic E-state index is 13.1. The number of hydrogen-bond acceptors (Lipinski definition) is 4. The first-order chi connectivity index (χ1) is 7.25. The summed E-state index contributed by atoms with van der Waals surface area (Å²) in [5, 5.41) is 0. The van der Waals surface area contributed by atoms with Crippen molar-refractivity contribution in [2.75, 3.05) is 5.73 Å². The van der Waals surface area contributed by atoms with Crippen LogP contribution in [0.1, 0.15) is 0 Å². The van der Waals surface area contributed by atoms with Crippen molar-refractivity contribution in [3.8, 4) is 11.6 Å². The molecule has 0 atom stereocenters. The molecule has 0 saturated heterocycles. The standard InChI is InChI=1S/C10H8FN3O/c11-8-2-1-5-13-10(8)15-7-3-4-9(12)14-6-7/h1-6H,(H2,12,14). The van der Waals surface area contributed by atoms with Gasteiger partial charge in [-0.15, -0.1) is 0 Å². The number of ether oxygens (including phenoxy) is 1. The second-order valence-electron chi connectivity index (χ2n) is 2.81. The van der Waals surface area contributed by atoms with Crippen molar-refractivity contribution in [1.29, 1.82) is 0 Å². The average molecular weight is 205 g/mol. The SMILES string of the molecule is Nc1ccc(Oc2ncccc2F)cn1. The summed E-state index contributed by atoms with van der Waals surface area (Å²) >= 11 is 0. The lowest BCUT2D eigenvalue weighted by Crippen LogP contribution is -1.93. The molecule has 5 heteroatoms. The van der Waals surface area contributed by atoms with Crippen LogP contribution in [-0.4, -0.2) is 9.97 Å². The maximum atomic E-state index is 13.1. The molecular formula is C10H8FN3O. The molecule has 0 aliphatic rings. The van der Waals surface area contributed by atoms with E-state index in [1.165, 1.54) is 24.5 Å². The predicted molar refractivity (Wildman–Crippen MR) is 52.9 cm³/mol. The Kier molecular flexibility index (Phi) is 2.45. The number of anilines is 1. The van der Waals surface area contributed by atoms with Crippen molar-refractivity contribution in [2.45, 2.75) is 0 Å². The minimum atomic E-state index is -0.519. The highest BCUT2D eigenvalue weighted by molar-refractivity contribution is 5.33. The molecule has 2 heterocycles. The third-order valence-electron chi connectivity index (χ3n) is 1.70. The van der Waals surface area contributed by atoms with Crippen molar-refractivity contribution >= 4 is 5.82 Å². The van der Waals surface area contributed by atoms with Crippen molar-refractivity contribution in [1.82, 2.24) is 9.97 Å². The number of pyridine rings is 2. The van der Waals surface area contributed by atoms with Crippen molar-refractivity contribution < 1.29 is 9.13 Å². The molecule has 0 fully saturated rings. The highest BCUT2D eigenvalue weighted by Gasteiger charge is 2.04. The molecular weight excluding hydrogens is 197 g/mol. The van der Waals surface area contributed by atoms with Crippen LogP contribution in [0.25, 0.3) is 0 Å². The van der Waals surface area contributed by atoms with Crippen LogP contribution in [0.5, 0.6) is 11.6 Å². The number of hydrogen-bond donors (Lipinski definition) is 1. The molecule has 0 aliphatic carbocycles. The van der Waals surface area contributed by atoms with Gasteiger partial charge in [0.15, 0.2) is 5.82 Å². The molecule has 2 aromatic heterocycles. The molecule has 0 bridgehead atoms. The smallest absolute Gasteiger partial charge is 0.255 e. The number of nitrogens with two attached hydrogens (primary N) is 1. The minimum absolute atomic E-state index is 0.0796. The van der Waals surface area contributed by atoms with Crippen LogP contribution in [0, 0.1) is 5.82 Å². The van der Waals surface area contributed by atoms with Crippen LogP contribution in [0.3, 0.4) is 0 Å². The monoisotopic (exact) mass is 205 g/mol. The number of aromatic nitrogens is 2. The van der Waals surface area contributed by atoms with Crippen molar-refractivity contribution in [2.24, 2.45) is 0 Å². The van der Waals surface area contributed by atoms with Gasteiger partial charge in [-0.3, -0.25) is 0 Å². The van der Waals surface area contributed by atoms with Crippen LogP contribution in [0.4, 0.5) is 10.2 Å². The Morgan fingerprint density at radius 1 is 1.20 bits per heavy atom. The van der Waals surface area contributed by atoms with Gasteiger partial charge in [0.05, 0.1) is 6.20 Å². The Bertz CT molecular complexity index is 458. The zero-order valence-electron chi connectivity index (χ0n) is 7.72. The summed E-state index contributed by atoms with van der Waals surface area (Å²) in [6.07, 6.45) is 2.85. The number of nitrogens with zero attached hydrogens (tertiary/aromatic N) is 2. The van der Waals surface area contributed by atoms with Gasteiger partial charge < -0.3 is 10.5 Å². The average Bonchev–Trinajstić information content (AvgIpc) is 2.25. The Morgan fingerprint density at radius 2 is 2.07 bits per heavy atom. The molecule has 2 rings (SSSR count). The quantitative estimate of drug-likeness (QED) is 0.814. The highest BCUT2D eigenvalue weighted by Crippen LogP contribution is 2.20. The van der Waals surface area contributed by atoms with E-state index in [-0.39, 0.29) is 5.88 Å². The van der Waals surface area contributed by atoms with E-state index < -0.39 is 5.82 Å². The largest absolute Gasteiger partial charge is 0.435 e. The summed E-state index contributed by atoms with van der Waals surface area (Å²) in [6.45, 7) is 0. The van der Waals surface area contributed by atoms with Gasteiger partial charge in [0.2, 0.25) is 0 Å². The molecule has 0 aromatic carbocycles. The van der Waals surface area contributed by atoms with Gasteiger partial charge in [0.25, 0.3) is 5.88 Å². The zero-order valence-corrected chi connectivity index (χ0v) is 7.72. The van der Waals surface area contributed by atoms with Gasteiger partial charge >= 0.3 is 0 Å². The fourth-order valence-corrected chi connectivity index (χ4v) is 1.01. The first kappa shape index (κ1) is 9.39.